The van der Waals surface area contributed by atoms with Gasteiger partial charge in [0.15, 0.2) is 0 Å². The van der Waals surface area contributed by atoms with E-state index < -0.39 is 17.8 Å². The second-order valence-corrected chi connectivity index (χ2v) is 5.90. The van der Waals surface area contributed by atoms with E-state index in [4.69, 9.17) is 0 Å². The van der Waals surface area contributed by atoms with Crippen LogP contribution in [-0.4, -0.2) is 15.9 Å². The maximum atomic E-state index is 12.7. The summed E-state index contributed by atoms with van der Waals surface area (Å²) in [5.41, 5.74) is 1.14. The molecule has 3 rings (SSSR count). The topological polar surface area (TPSA) is 54.9 Å². The van der Waals surface area contributed by atoms with E-state index in [0.29, 0.717) is 11.7 Å². The predicted molar refractivity (Wildman–Crippen MR) is 82.5 cm³/mol. The Morgan fingerprint density at radius 3 is 2.71 bits per heavy atom. The Morgan fingerprint density at radius 2 is 2.04 bits per heavy atom. The Morgan fingerprint density at radius 1 is 1.29 bits per heavy atom. The van der Waals surface area contributed by atoms with E-state index in [0.717, 1.165) is 30.0 Å². The van der Waals surface area contributed by atoms with E-state index >= 15 is 0 Å². The molecule has 0 spiro atoms. The molecule has 1 fully saturated rings. The molecule has 2 heterocycles. The molecule has 1 saturated carbocycles. The first-order valence-corrected chi connectivity index (χ1v) is 7.63. The summed E-state index contributed by atoms with van der Waals surface area (Å²) in [4.78, 5) is 19.9. The molecule has 0 aromatic carbocycles. The summed E-state index contributed by atoms with van der Waals surface area (Å²) < 4.78 is 38.0. The van der Waals surface area contributed by atoms with Crippen LogP contribution in [-0.2, 0) is 17.4 Å². The first-order valence-electron chi connectivity index (χ1n) is 7.63. The molecule has 0 atom stereocenters. The summed E-state index contributed by atoms with van der Waals surface area (Å²) in [7, 11) is 0. The van der Waals surface area contributed by atoms with Gasteiger partial charge >= 0.3 is 6.18 Å². The summed E-state index contributed by atoms with van der Waals surface area (Å²) >= 11 is 0. The average molecular weight is 335 g/mol. The third kappa shape index (κ3) is 3.72. The molecule has 0 saturated heterocycles. The van der Waals surface area contributed by atoms with Gasteiger partial charge in [-0.1, -0.05) is 6.07 Å². The van der Waals surface area contributed by atoms with Crippen molar-refractivity contribution in [1.82, 2.24) is 9.97 Å². The van der Waals surface area contributed by atoms with Crippen LogP contribution in [0.2, 0.25) is 0 Å². The SMILES string of the molecule is Cc1ccnc(NC(=O)Cc2cccc(C(F)(F)F)n2)c1C1CC1. The van der Waals surface area contributed by atoms with E-state index in [9.17, 15) is 18.0 Å². The number of nitrogens with one attached hydrogen (secondary N) is 1. The van der Waals surface area contributed by atoms with Crippen molar-refractivity contribution >= 4 is 11.7 Å². The Labute approximate surface area is 137 Å². The molecule has 1 amide bonds. The van der Waals surface area contributed by atoms with Crippen LogP contribution in [0.1, 0.15) is 41.3 Å². The number of nitrogens with zero attached hydrogens (tertiary/aromatic N) is 2. The zero-order chi connectivity index (χ0) is 17.3. The molecular formula is C17H16F3N3O. The number of hydrogen-bond donors (Lipinski definition) is 1. The summed E-state index contributed by atoms with van der Waals surface area (Å²) in [6.07, 6.45) is -1.03. The first-order chi connectivity index (χ1) is 11.3. The Kier molecular flexibility index (Phi) is 4.26. The molecule has 1 aliphatic rings. The highest BCUT2D eigenvalue weighted by Gasteiger charge is 2.32. The second-order valence-electron chi connectivity index (χ2n) is 5.90. The molecule has 1 N–H and O–H groups in total. The normalized spacial score (nSPS) is 14.5. The lowest BCUT2D eigenvalue weighted by Crippen LogP contribution is -2.18. The summed E-state index contributed by atoms with van der Waals surface area (Å²) in [6, 6.07) is 5.42. The highest BCUT2D eigenvalue weighted by Crippen LogP contribution is 2.44. The number of hydrogen-bond acceptors (Lipinski definition) is 3. The zero-order valence-corrected chi connectivity index (χ0v) is 13.0. The van der Waals surface area contributed by atoms with Gasteiger partial charge in [-0.2, -0.15) is 13.2 Å². The number of amides is 1. The lowest BCUT2D eigenvalue weighted by Gasteiger charge is -2.12. The minimum absolute atomic E-state index is 0.0722. The highest BCUT2D eigenvalue weighted by atomic mass is 19.4. The molecule has 24 heavy (non-hydrogen) atoms. The molecule has 0 aliphatic heterocycles. The fraction of sp³-hybridized carbons (Fsp3) is 0.353. The van der Waals surface area contributed by atoms with Crippen LogP contribution in [0.15, 0.2) is 30.5 Å². The number of carbonyl (C=O) groups excluding carboxylic acids is 1. The molecule has 7 heteroatoms. The Bertz CT molecular complexity index is 770. The molecule has 0 radical (unpaired) electrons. The number of carbonyl (C=O) groups is 1. The van der Waals surface area contributed by atoms with Gasteiger partial charge in [-0.25, -0.2) is 9.97 Å². The molecule has 1 aliphatic carbocycles. The van der Waals surface area contributed by atoms with Gasteiger partial charge in [0.05, 0.1) is 12.1 Å². The fourth-order valence-corrected chi connectivity index (χ4v) is 2.63. The van der Waals surface area contributed by atoms with Crippen molar-refractivity contribution in [3.05, 3.63) is 53.0 Å². The monoisotopic (exact) mass is 335 g/mol. The largest absolute Gasteiger partial charge is 0.433 e. The molecule has 4 nitrogen and oxygen atoms in total. The van der Waals surface area contributed by atoms with E-state index in [-0.39, 0.29) is 12.1 Å². The maximum Gasteiger partial charge on any atom is 0.433 e. The van der Waals surface area contributed by atoms with Crippen molar-refractivity contribution in [3.63, 3.8) is 0 Å². The van der Waals surface area contributed by atoms with Gasteiger partial charge in [-0.3, -0.25) is 4.79 Å². The number of aryl methyl sites for hydroxylation is 1. The standard InChI is InChI=1S/C17H16F3N3O/c1-10-7-8-21-16(15(10)11-5-6-11)23-14(24)9-12-3-2-4-13(22-12)17(18,19)20/h2-4,7-8,11H,5-6,9H2,1H3,(H,21,23,24). The van der Waals surface area contributed by atoms with Crippen molar-refractivity contribution in [2.24, 2.45) is 0 Å². The predicted octanol–water partition coefficient (Wildman–Crippen LogP) is 3.86. The van der Waals surface area contributed by atoms with E-state index in [1.807, 2.05) is 13.0 Å². The number of halogens is 3. The van der Waals surface area contributed by atoms with Crippen LogP contribution in [0.4, 0.5) is 19.0 Å². The quantitative estimate of drug-likeness (QED) is 0.923. The van der Waals surface area contributed by atoms with Crippen LogP contribution >= 0.6 is 0 Å². The van der Waals surface area contributed by atoms with Gasteiger partial charge in [-0.05, 0) is 49.4 Å². The maximum absolute atomic E-state index is 12.7. The number of aromatic nitrogens is 2. The number of rotatable bonds is 4. The minimum Gasteiger partial charge on any atom is -0.310 e. The van der Waals surface area contributed by atoms with Gasteiger partial charge in [-0.15, -0.1) is 0 Å². The molecule has 2 aromatic rings. The summed E-state index contributed by atoms with van der Waals surface area (Å²) in [5.74, 6) is 0.469. The summed E-state index contributed by atoms with van der Waals surface area (Å²) in [5, 5.41) is 2.71. The molecule has 0 unspecified atom stereocenters. The third-order valence-corrected chi connectivity index (χ3v) is 3.89. The lowest BCUT2D eigenvalue weighted by atomic mass is 10.1. The molecular weight excluding hydrogens is 319 g/mol. The highest BCUT2D eigenvalue weighted by molar-refractivity contribution is 5.92. The van der Waals surface area contributed by atoms with Crippen LogP contribution in [0, 0.1) is 6.92 Å². The number of anilines is 1. The van der Waals surface area contributed by atoms with Crippen LogP contribution in [0.3, 0.4) is 0 Å². The molecule has 0 bridgehead atoms. The van der Waals surface area contributed by atoms with Crippen LogP contribution in [0.25, 0.3) is 0 Å². The molecule has 2 aromatic heterocycles. The van der Waals surface area contributed by atoms with Gasteiger partial charge in [0.25, 0.3) is 0 Å². The Balaban J connectivity index is 1.74. The number of pyridine rings is 2. The van der Waals surface area contributed by atoms with Gasteiger partial charge in [0, 0.05) is 11.8 Å². The molecule has 126 valence electrons. The zero-order valence-electron chi connectivity index (χ0n) is 13.0. The van der Waals surface area contributed by atoms with Crippen molar-refractivity contribution in [2.75, 3.05) is 5.32 Å². The van der Waals surface area contributed by atoms with E-state index in [1.165, 1.54) is 12.1 Å². The summed E-state index contributed by atoms with van der Waals surface area (Å²) in [6.45, 7) is 1.96. The van der Waals surface area contributed by atoms with E-state index in [1.54, 1.807) is 6.20 Å². The van der Waals surface area contributed by atoms with Gasteiger partial charge in [0.2, 0.25) is 5.91 Å². The minimum atomic E-state index is -4.52. The average Bonchev–Trinajstić information content (AvgIpc) is 3.31. The lowest BCUT2D eigenvalue weighted by molar-refractivity contribution is -0.141. The number of alkyl halides is 3. The third-order valence-electron chi connectivity index (χ3n) is 3.89. The second kappa shape index (κ2) is 6.22. The van der Waals surface area contributed by atoms with Crippen LogP contribution in [0.5, 0.6) is 0 Å². The van der Waals surface area contributed by atoms with E-state index in [2.05, 4.69) is 15.3 Å². The Hall–Kier alpha value is -2.44. The smallest absolute Gasteiger partial charge is 0.310 e. The van der Waals surface area contributed by atoms with Crippen LogP contribution < -0.4 is 5.32 Å². The van der Waals surface area contributed by atoms with Crippen molar-refractivity contribution in [3.8, 4) is 0 Å². The fourth-order valence-electron chi connectivity index (χ4n) is 2.63. The van der Waals surface area contributed by atoms with Crippen molar-refractivity contribution in [2.45, 2.75) is 38.3 Å². The van der Waals surface area contributed by atoms with Crippen molar-refractivity contribution in [1.29, 1.82) is 0 Å². The van der Waals surface area contributed by atoms with Crippen molar-refractivity contribution < 1.29 is 18.0 Å². The van der Waals surface area contributed by atoms with Gasteiger partial charge in [0.1, 0.15) is 11.5 Å². The van der Waals surface area contributed by atoms with Gasteiger partial charge < -0.3 is 5.32 Å². The first kappa shape index (κ1) is 16.4.